The van der Waals surface area contributed by atoms with Gasteiger partial charge in [-0.25, -0.2) is 4.98 Å². The van der Waals surface area contributed by atoms with E-state index in [0.717, 1.165) is 28.6 Å². The van der Waals surface area contributed by atoms with Gasteiger partial charge in [-0.05, 0) is 55.1 Å². The standard InChI is InChI=1S/C18H19N3S/c1-12-2-4-15(20-11-12)14-3-5-17-16(10-14)21-18(22-17)13-6-8-19-9-7-13/h3,5-10,12,15,20H,2,4,11H2,1H3/t12-,15+/m0/s1. The average molecular weight is 309 g/mol. The first-order valence-electron chi connectivity index (χ1n) is 7.84. The van der Waals surface area contributed by atoms with E-state index in [0.29, 0.717) is 6.04 Å². The molecule has 0 amide bonds. The molecule has 1 aliphatic rings. The highest BCUT2D eigenvalue weighted by Crippen LogP contribution is 2.33. The first kappa shape index (κ1) is 13.9. The fourth-order valence-corrected chi connectivity index (χ4v) is 4.01. The maximum Gasteiger partial charge on any atom is 0.124 e. The van der Waals surface area contributed by atoms with E-state index in [-0.39, 0.29) is 0 Å². The van der Waals surface area contributed by atoms with E-state index in [2.05, 4.69) is 35.4 Å². The fourth-order valence-electron chi connectivity index (χ4n) is 3.06. The summed E-state index contributed by atoms with van der Waals surface area (Å²) in [6.07, 6.45) is 6.16. The predicted octanol–water partition coefficient (Wildman–Crippen LogP) is 4.42. The Bertz CT molecular complexity index is 773. The molecule has 0 radical (unpaired) electrons. The number of hydrogen-bond donors (Lipinski definition) is 1. The van der Waals surface area contributed by atoms with E-state index < -0.39 is 0 Å². The minimum Gasteiger partial charge on any atom is -0.310 e. The second-order valence-electron chi connectivity index (χ2n) is 6.13. The van der Waals surface area contributed by atoms with Crippen molar-refractivity contribution in [1.82, 2.24) is 15.3 Å². The first-order valence-corrected chi connectivity index (χ1v) is 8.65. The van der Waals surface area contributed by atoms with Gasteiger partial charge < -0.3 is 5.32 Å². The van der Waals surface area contributed by atoms with Crippen LogP contribution in [0.1, 0.15) is 31.4 Å². The largest absolute Gasteiger partial charge is 0.310 e. The van der Waals surface area contributed by atoms with Crippen molar-refractivity contribution in [1.29, 1.82) is 0 Å². The maximum atomic E-state index is 4.82. The number of rotatable bonds is 2. The maximum absolute atomic E-state index is 4.82. The molecule has 22 heavy (non-hydrogen) atoms. The van der Waals surface area contributed by atoms with Gasteiger partial charge in [0, 0.05) is 24.0 Å². The van der Waals surface area contributed by atoms with E-state index in [9.17, 15) is 0 Å². The van der Waals surface area contributed by atoms with Crippen LogP contribution in [0, 0.1) is 5.92 Å². The fraction of sp³-hybridized carbons (Fsp3) is 0.333. The molecule has 1 saturated heterocycles. The van der Waals surface area contributed by atoms with Gasteiger partial charge in [0.25, 0.3) is 0 Å². The lowest BCUT2D eigenvalue weighted by Crippen LogP contribution is -2.31. The molecule has 0 spiro atoms. The molecular weight excluding hydrogens is 290 g/mol. The molecule has 4 rings (SSSR count). The molecular formula is C18H19N3S. The number of hydrogen-bond acceptors (Lipinski definition) is 4. The van der Waals surface area contributed by atoms with Gasteiger partial charge in [0.05, 0.1) is 10.2 Å². The van der Waals surface area contributed by atoms with Crippen LogP contribution in [0.3, 0.4) is 0 Å². The van der Waals surface area contributed by atoms with Crippen molar-refractivity contribution in [2.45, 2.75) is 25.8 Å². The molecule has 1 N–H and O–H groups in total. The molecule has 112 valence electrons. The summed E-state index contributed by atoms with van der Waals surface area (Å²) in [6.45, 7) is 3.43. The normalized spacial score (nSPS) is 22.0. The number of nitrogens with one attached hydrogen (secondary N) is 1. The third-order valence-corrected chi connectivity index (χ3v) is 5.49. The molecule has 1 fully saturated rings. The van der Waals surface area contributed by atoms with Crippen LogP contribution in [0.4, 0.5) is 0 Å². The summed E-state index contributed by atoms with van der Waals surface area (Å²) >= 11 is 1.75. The van der Waals surface area contributed by atoms with E-state index in [1.807, 2.05) is 24.5 Å². The molecule has 1 aliphatic heterocycles. The lowest BCUT2D eigenvalue weighted by Gasteiger charge is -2.28. The van der Waals surface area contributed by atoms with Crippen LogP contribution in [0.2, 0.25) is 0 Å². The zero-order chi connectivity index (χ0) is 14.9. The minimum absolute atomic E-state index is 0.478. The molecule has 2 atom stereocenters. The van der Waals surface area contributed by atoms with Crippen molar-refractivity contribution >= 4 is 21.6 Å². The van der Waals surface area contributed by atoms with Gasteiger partial charge in [-0.3, -0.25) is 4.98 Å². The number of aromatic nitrogens is 2. The van der Waals surface area contributed by atoms with Gasteiger partial charge >= 0.3 is 0 Å². The Morgan fingerprint density at radius 3 is 2.77 bits per heavy atom. The van der Waals surface area contributed by atoms with Crippen LogP contribution in [-0.4, -0.2) is 16.5 Å². The highest BCUT2D eigenvalue weighted by molar-refractivity contribution is 7.21. The van der Waals surface area contributed by atoms with Crippen LogP contribution < -0.4 is 5.32 Å². The van der Waals surface area contributed by atoms with Crippen molar-refractivity contribution < 1.29 is 0 Å². The number of benzene rings is 1. The van der Waals surface area contributed by atoms with Gasteiger partial charge in [-0.2, -0.15) is 0 Å². The summed E-state index contributed by atoms with van der Waals surface area (Å²) in [5.41, 5.74) is 3.61. The Hall–Kier alpha value is -1.78. The summed E-state index contributed by atoms with van der Waals surface area (Å²) in [7, 11) is 0. The third-order valence-electron chi connectivity index (χ3n) is 4.40. The molecule has 0 aliphatic carbocycles. The van der Waals surface area contributed by atoms with E-state index in [1.54, 1.807) is 11.3 Å². The highest BCUT2D eigenvalue weighted by atomic mass is 32.1. The monoisotopic (exact) mass is 309 g/mol. The van der Waals surface area contributed by atoms with E-state index in [4.69, 9.17) is 4.98 Å². The van der Waals surface area contributed by atoms with Crippen molar-refractivity contribution in [3.63, 3.8) is 0 Å². The molecule has 1 aromatic carbocycles. The van der Waals surface area contributed by atoms with E-state index >= 15 is 0 Å². The van der Waals surface area contributed by atoms with Crippen molar-refractivity contribution in [2.24, 2.45) is 5.92 Å². The van der Waals surface area contributed by atoms with Crippen molar-refractivity contribution in [2.75, 3.05) is 6.54 Å². The molecule has 0 bridgehead atoms. The van der Waals surface area contributed by atoms with Crippen LogP contribution in [0.5, 0.6) is 0 Å². The highest BCUT2D eigenvalue weighted by Gasteiger charge is 2.19. The Kier molecular flexibility index (Phi) is 3.64. The van der Waals surface area contributed by atoms with Gasteiger partial charge in [-0.15, -0.1) is 11.3 Å². The van der Waals surface area contributed by atoms with Gasteiger partial charge in [0.2, 0.25) is 0 Å². The quantitative estimate of drug-likeness (QED) is 0.761. The Morgan fingerprint density at radius 2 is 2.00 bits per heavy atom. The second-order valence-corrected chi connectivity index (χ2v) is 7.16. The minimum atomic E-state index is 0.478. The van der Waals surface area contributed by atoms with Crippen LogP contribution >= 0.6 is 11.3 Å². The Morgan fingerprint density at radius 1 is 1.14 bits per heavy atom. The van der Waals surface area contributed by atoms with Gasteiger partial charge in [0.1, 0.15) is 5.01 Å². The van der Waals surface area contributed by atoms with Gasteiger partial charge in [0.15, 0.2) is 0 Å². The van der Waals surface area contributed by atoms with Gasteiger partial charge in [-0.1, -0.05) is 13.0 Å². The molecule has 2 aromatic heterocycles. The number of nitrogens with zero attached hydrogens (tertiary/aromatic N) is 2. The molecule has 0 saturated carbocycles. The Labute approximate surface area is 134 Å². The van der Waals surface area contributed by atoms with Crippen molar-refractivity contribution in [3.05, 3.63) is 48.3 Å². The number of thiazole rings is 1. The predicted molar refractivity (Wildman–Crippen MR) is 92.0 cm³/mol. The first-order chi connectivity index (χ1) is 10.8. The average Bonchev–Trinajstić information content (AvgIpc) is 2.99. The molecule has 4 heteroatoms. The molecule has 3 heterocycles. The molecule has 3 nitrogen and oxygen atoms in total. The van der Waals surface area contributed by atoms with Crippen LogP contribution in [0.25, 0.3) is 20.8 Å². The smallest absolute Gasteiger partial charge is 0.124 e. The summed E-state index contributed by atoms with van der Waals surface area (Å²) in [6, 6.07) is 11.2. The topological polar surface area (TPSA) is 37.8 Å². The second kappa shape index (κ2) is 5.78. The zero-order valence-electron chi connectivity index (χ0n) is 12.6. The lowest BCUT2D eigenvalue weighted by atomic mass is 9.92. The summed E-state index contributed by atoms with van der Waals surface area (Å²) in [5.74, 6) is 0.789. The van der Waals surface area contributed by atoms with Crippen molar-refractivity contribution in [3.8, 4) is 10.6 Å². The summed E-state index contributed by atoms with van der Waals surface area (Å²) in [5, 5.41) is 4.72. The Balaban J connectivity index is 1.66. The molecule has 3 aromatic rings. The SMILES string of the molecule is C[C@H]1CC[C@H](c2ccc3sc(-c4ccncc4)nc3c2)NC1. The van der Waals surface area contributed by atoms with Crippen LogP contribution in [-0.2, 0) is 0 Å². The third kappa shape index (κ3) is 2.64. The van der Waals surface area contributed by atoms with Crippen LogP contribution in [0.15, 0.2) is 42.7 Å². The number of pyridine rings is 1. The summed E-state index contributed by atoms with van der Waals surface area (Å²) < 4.78 is 1.25. The summed E-state index contributed by atoms with van der Waals surface area (Å²) in [4.78, 5) is 8.89. The number of piperidine rings is 1. The zero-order valence-corrected chi connectivity index (χ0v) is 13.4. The van der Waals surface area contributed by atoms with E-state index in [1.165, 1.54) is 23.1 Å². The lowest BCUT2D eigenvalue weighted by molar-refractivity contribution is 0.333. The molecule has 0 unspecified atom stereocenters. The number of fused-ring (bicyclic) bond motifs is 1.